The van der Waals surface area contributed by atoms with E-state index in [9.17, 15) is 35.9 Å². The molecule has 3 atom stereocenters. The number of hydrogen-bond acceptors (Lipinski definition) is 5. The first-order chi connectivity index (χ1) is 24.2. The molecule has 2 amide bonds. The van der Waals surface area contributed by atoms with Gasteiger partial charge in [-0.25, -0.2) is 4.79 Å². The van der Waals surface area contributed by atoms with Crippen molar-refractivity contribution in [2.45, 2.75) is 77.1 Å². The molecule has 0 bridgehead atoms. The summed E-state index contributed by atoms with van der Waals surface area (Å²) in [5.41, 5.74) is -1.78. The summed E-state index contributed by atoms with van der Waals surface area (Å²) >= 11 is 0. The molecular weight excluding hydrogens is 690 g/mol. The minimum atomic E-state index is -5.11. The van der Waals surface area contributed by atoms with Crippen molar-refractivity contribution in [3.8, 4) is 5.75 Å². The van der Waals surface area contributed by atoms with Crippen molar-refractivity contribution in [2.24, 2.45) is 5.41 Å². The topological polar surface area (TPSA) is 68.3 Å². The highest BCUT2D eigenvalue weighted by atomic mass is 19.4. The van der Waals surface area contributed by atoms with E-state index in [2.05, 4.69) is 13.8 Å². The van der Waals surface area contributed by atoms with Crippen molar-refractivity contribution < 1.29 is 50.1 Å². The molecule has 0 saturated carbocycles. The number of alkyl halides is 6. The van der Waals surface area contributed by atoms with Gasteiger partial charge in [-0.2, -0.15) is 26.3 Å². The summed E-state index contributed by atoms with van der Waals surface area (Å²) in [5, 5.41) is 0. The first kappa shape index (κ1) is 38.7. The molecular formula is C39H42F6N2O5. The number of anilines is 1. The molecule has 1 aliphatic carbocycles. The van der Waals surface area contributed by atoms with Crippen LogP contribution in [0.4, 0.5) is 36.8 Å². The number of carbonyl (C=O) groups is 2. The van der Waals surface area contributed by atoms with Crippen molar-refractivity contribution in [1.29, 1.82) is 0 Å². The molecule has 2 aliphatic rings. The fraction of sp³-hybridized carbons (Fsp3) is 0.436. The maximum Gasteiger partial charge on any atom is 0.430 e. The summed E-state index contributed by atoms with van der Waals surface area (Å²) in [7, 11) is 3.54. The molecule has 0 radical (unpaired) electrons. The minimum Gasteiger partial charge on any atom is -0.496 e. The number of ether oxygens (including phenoxy) is 3. The Morgan fingerprint density at radius 2 is 1.65 bits per heavy atom. The highest BCUT2D eigenvalue weighted by Crippen LogP contribution is 2.48. The zero-order valence-corrected chi connectivity index (χ0v) is 30.0. The van der Waals surface area contributed by atoms with E-state index in [1.165, 1.54) is 55.5 Å². The third-order valence-corrected chi connectivity index (χ3v) is 10.1. The Bertz CT molecular complexity index is 1860. The number of cyclic esters (lactones) is 1. The predicted molar refractivity (Wildman–Crippen MR) is 184 cm³/mol. The summed E-state index contributed by atoms with van der Waals surface area (Å²) in [6.45, 7) is 7.51. The number of nitrogens with zero attached hydrogens (tertiary/aromatic N) is 2. The molecule has 7 nitrogen and oxygen atoms in total. The van der Waals surface area contributed by atoms with E-state index in [-0.39, 0.29) is 28.8 Å². The second-order valence-corrected chi connectivity index (χ2v) is 14.2. The smallest absolute Gasteiger partial charge is 0.430 e. The number of benzene rings is 3. The first-order valence-electron chi connectivity index (χ1n) is 16.7. The first-order valence-corrected chi connectivity index (χ1v) is 16.7. The quantitative estimate of drug-likeness (QED) is 0.205. The van der Waals surface area contributed by atoms with Crippen molar-refractivity contribution in [1.82, 2.24) is 4.90 Å². The van der Waals surface area contributed by atoms with Gasteiger partial charge in [0.25, 0.3) is 11.5 Å². The zero-order valence-electron chi connectivity index (χ0n) is 30.0. The number of rotatable bonds is 9. The lowest BCUT2D eigenvalue weighted by Crippen LogP contribution is -2.56. The van der Waals surface area contributed by atoms with Gasteiger partial charge in [-0.15, -0.1) is 0 Å². The molecule has 1 heterocycles. The van der Waals surface area contributed by atoms with Gasteiger partial charge in [0, 0.05) is 37.5 Å². The Kier molecular flexibility index (Phi) is 10.5. The lowest BCUT2D eigenvalue weighted by Gasteiger charge is -2.37. The largest absolute Gasteiger partial charge is 0.496 e. The van der Waals surface area contributed by atoms with E-state index in [1.807, 2.05) is 0 Å². The number of allylic oxidation sites excluding steroid dienone is 1. The van der Waals surface area contributed by atoms with Crippen LogP contribution in [0.1, 0.15) is 74.0 Å². The fourth-order valence-corrected chi connectivity index (χ4v) is 7.29. The molecule has 1 fully saturated rings. The summed E-state index contributed by atoms with van der Waals surface area (Å²) in [6, 6.07) is 14.3. The van der Waals surface area contributed by atoms with Gasteiger partial charge in [-0.3, -0.25) is 9.69 Å². The molecule has 13 heteroatoms. The van der Waals surface area contributed by atoms with E-state index >= 15 is 0 Å². The van der Waals surface area contributed by atoms with Crippen LogP contribution in [0.15, 0.2) is 72.3 Å². The third kappa shape index (κ3) is 7.24. The molecule has 3 aromatic rings. The van der Waals surface area contributed by atoms with Crippen LogP contribution < -0.4 is 9.64 Å². The number of aryl methyl sites for hydroxylation is 1. The number of carbonyl (C=O) groups excluding carboxylic acids is 2. The van der Waals surface area contributed by atoms with Crippen LogP contribution >= 0.6 is 0 Å². The van der Waals surface area contributed by atoms with Crippen molar-refractivity contribution in [3.05, 3.63) is 100 Å². The molecule has 0 unspecified atom stereocenters. The summed E-state index contributed by atoms with van der Waals surface area (Å²) in [6.07, 6.45) is -9.55. The molecule has 280 valence electrons. The van der Waals surface area contributed by atoms with Crippen LogP contribution in [0.25, 0.3) is 5.57 Å². The lowest BCUT2D eigenvalue weighted by atomic mass is 9.72. The second-order valence-electron chi connectivity index (χ2n) is 14.2. The van der Waals surface area contributed by atoms with Crippen molar-refractivity contribution >= 4 is 23.3 Å². The fourth-order valence-electron chi connectivity index (χ4n) is 7.29. The Hall–Kier alpha value is -4.52. The third-order valence-electron chi connectivity index (χ3n) is 10.1. The Labute approximate surface area is 299 Å². The molecule has 0 N–H and O–H groups in total. The van der Waals surface area contributed by atoms with Gasteiger partial charge >= 0.3 is 18.4 Å². The maximum absolute atomic E-state index is 14.8. The number of hydrogen-bond donors (Lipinski definition) is 0. The summed E-state index contributed by atoms with van der Waals surface area (Å²) in [5.74, 6) is -0.948. The van der Waals surface area contributed by atoms with E-state index in [0.717, 1.165) is 41.7 Å². The van der Waals surface area contributed by atoms with Crippen molar-refractivity contribution in [3.63, 3.8) is 0 Å². The molecule has 3 aromatic carbocycles. The number of amides is 2. The van der Waals surface area contributed by atoms with Gasteiger partial charge in [-0.1, -0.05) is 55.8 Å². The Morgan fingerprint density at radius 3 is 2.25 bits per heavy atom. The minimum absolute atomic E-state index is 0.0875. The van der Waals surface area contributed by atoms with Gasteiger partial charge in [0.05, 0.1) is 18.7 Å². The normalized spacial score (nSPS) is 20.4. The number of halogens is 6. The van der Waals surface area contributed by atoms with E-state index in [1.54, 1.807) is 32.0 Å². The molecule has 1 aliphatic heterocycles. The van der Waals surface area contributed by atoms with E-state index in [4.69, 9.17) is 14.2 Å². The van der Waals surface area contributed by atoms with Gasteiger partial charge in [-0.05, 0) is 85.6 Å². The number of likely N-dealkylation sites (N-methyl/N-ethyl adjacent to an activating group) is 1. The van der Waals surface area contributed by atoms with Crippen LogP contribution in [0.2, 0.25) is 0 Å². The second kappa shape index (κ2) is 14.1. The lowest BCUT2D eigenvalue weighted by molar-refractivity contribution is -0.264. The average molecular weight is 733 g/mol. The van der Waals surface area contributed by atoms with Gasteiger partial charge < -0.3 is 19.1 Å². The summed E-state index contributed by atoms with van der Waals surface area (Å²) in [4.78, 5) is 29.7. The molecule has 52 heavy (non-hydrogen) atoms. The maximum atomic E-state index is 14.8. The Balaban J connectivity index is 1.55. The molecule has 5 rings (SSSR count). The highest BCUT2D eigenvalue weighted by molar-refractivity contribution is 6.01. The Morgan fingerprint density at radius 1 is 0.981 bits per heavy atom. The molecule has 1 saturated heterocycles. The van der Waals surface area contributed by atoms with Crippen LogP contribution in [0.5, 0.6) is 5.75 Å². The SMILES string of the molecule is COc1ccc(N(C)C(=O)[C@](OC)(c2ccccc2)C(F)(F)F)cc1C1=C(CN2C(=O)O[C@H](c3cc(C)cc(C(F)(F)F)c3)[C@@H]2C)CC(C)(C)CC1. The van der Waals surface area contributed by atoms with Gasteiger partial charge in [0.2, 0.25) is 0 Å². The van der Waals surface area contributed by atoms with Gasteiger partial charge in [0.1, 0.15) is 11.9 Å². The zero-order chi connectivity index (χ0) is 38.4. The highest BCUT2D eigenvalue weighted by Gasteiger charge is 2.63. The van der Waals surface area contributed by atoms with Crippen LogP contribution in [0.3, 0.4) is 0 Å². The van der Waals surface area contributed by atoms with Crippen molar-refractivity contribution in [2.75, 3.05) is 32.7 Å². The van der Waals surface area contributed by atoms with E-state index in [0.29, 0.717) is 29.7 Å². The standard InChI is InChI=1S/C39H42F6N2O5/c1-23-17-25(19-28(18-23)38(40,41)42)33-24(2)47(35(49)52-33)22-26-21-36(3,4)16-15-30(26)31-20-29(13-14-32(31)50-6)46(5)34(48)37(51-7,39(43,44)45)27-11-9-8-10-12-27/h8-14,17-20,24,33H,15-16,21-22H2,1-7H3/t24-,33-,37+/m0/s1. The van der Waals surface area contributed by atoms with Crippen LogP contribution in [0, 0.1) is 12.3 Å². The predicted octanol–water partition coefficient (Wildman–Crippen LogP) is 9.64. The van der Waals surface area contributed by atoms with Gasteiger partial charge in [0.15, 0.2) is 0 Å². The number of methoxy groups -OCH3 is 2. The monoisotopic (exact) mass is 732 g/mol. The van der Waals surface area contributed by atoms with E-state index < -0.39 is 47.7 Å². The average Bonchev–Trinajstić information content (AvgIpc) is 3.35. The van der Waals surface area contributed by atoms with Crippen LogP contribution in [-0.4, -0.2) is 56.9 Å². The molecule has 0 aromatic heterocycles. The molecule has 0 spiro atoms. The summed E-state index contributed by atoms with van der Waals surface area (Å²) < 4.78 is 102. The van der Waals surface area contributed by atoms with Crippen LogP contribution in [-0.2, 0) is 26.0 Å².